The third-order valence-corrected chi connectivity index (χ3v) is 3.93. The minimum atomic E-state index is -0.694. The van der Waals surface area contributed by atoms with Crippen molar-refractivity contribution in [3.05, 3.63) is 34.9 Å². The summed E-state index contributed by atoms with van der Waals surface area (Å²) in [5.74, 6) is -0.309. The number of nitrogens with one attached hydrogen (secondary N) is 1. The molecule has 0 saturated carbocycles. The Morgan fingerprint density at radius 2 is 2.15 bits per heavy atom. The van der Waals surface area contributed by atoms with Crippen molar-refractivity contribution in [3.63, 3.8) is 0 Å². The van der Waals surface area contributed by atoms with E-state index in [2.05, 4.69) is 17.4 Å². The van der Waals surface area contributed by atoms with E-state index in [0.717, 1.165) is 18.4 Å². The van der Waals surface area contributed by atoms with Crippen LogP contribution in [0.4, 0.5) is 0 Å². The van der Waals surface area contributed by atoms with E-state index in [-0.39, 0.29) is 18.4 Å². The SMILES string of the molecule is CCNC(CC(=O)OC)C(O)c1ccc2c(c1)CCC2. The predicted octanol–water partition coefficient (Wildman–Crippen LogP) is 1.75. The Balaban J connectivity index is 2.13. The number of hydrogen-bond acceptors (Lipinski definition) is 4. The number of fused-ring (bicyclic) bond motifs is 1. The Hall–Kier alpha value is -1.39. The van der Waals surface area contributed by atoms with Gasteiger partial charge in [-0.25, -0.2) is 0 Å². The number of ether oxygens (including phenoxy) is 1. The summed E-state index contributed by atoms with van der Waals surface area (Å²) in [6, 6.07) is 5.83. The van der Waals surface area contributed by atoms with Gasteiger partial charge in [-0.15, -0.1) is 0 Å². The molecule has 2 atom stereocenters. The van der Waals surface area contributed by atoms with Crippen molar-refractivity contribution in [2.45, 2.75) is 44.8 Å². The molecule has 0 radical (unpaired) electrons. The molecular weight excluding hydrogens is 254 g/mol. The molecule has 4 heteroatoms. The first-order chi connectivity index (χ1) is 9.65. The van der Waals surface area contributed by atoms with Crippen molar-refractivity contribution >= 4 is 5.97 Å². The number of esters is 1. The van der Waals surface area contributed by atoms with E-state index in [4.69, 9.17) is 4.74 Å². The second kappa shape index (κ2) is 6.86. The van der Waals surface area contributed by atoms with Gasteiger partial charge in [0.1, 0.15) is 0 Å². The van der Waals surface area contributed by atoms with E-state index >= 15 is 0 Å². The minimum absolute atomic E-state index is 0.169. The van der Waals surface area contributed by atoms with Crippen molar-refractivity contribution in [1.29, 1.82) is 0 Å². The zero-order valence-electron chi connectivity index (χ0n) is 12.2. The molecule has 0 saturated heterocycles. The molecular formula is C16H23NO3. The van der Waals surface area contributed by atoms with Crippen LogP contribution in [0.3, 0.4) is 0 Å². The average molecular weight is 277 g/mol. The van der Waals surface area contributed by atoms with Gasteiger partial charge in [0, 0.05) is 6.04 Å². The fourth-order valence-electron chi connectivity index (χ4n) is 2.83. The van der Waals surface area contributed by atoms with Gasteiger partial charge in [-0.05, 0) is 42.5 Å². The maximum absolute atomic E-state index is 11.4. The Kier molecular flexibility index (Phi) is 5.15. The van der Waals surface area contributed by atoms with Crippen LogP contribution in [0.15, 0.2) is 18.2 Å². The van der Waals surface area contributed by atoms with Gasteiger partial charge in [0.15, 0.2) is 0 Å². The number of aliphatic hydroxyl groups is 1. The molecule has 1 aromatic carbocycles. The van der Waals surface area contributed by atoms with Gasteiger partial charge in [0.25, 0.3) is 0 Å². The highest BCUT2D eigenvalue weighted by molar-refractivity contribution is 5.70. The zero-order chi connectivity index (χ0) is 14.5. The van der Waals surface area contributed by atoms with Gasteiger partial charge in [-0.2, -0.15) is 0 Å². The topological polar surface area (TPSA) is 58.6 Å². The van der Waals surface area contributed by atoms with Crippen LogP contribution >= 0.6 is 0 Å². The number of aryl methyl sites for hydroxylation is 2. The Labute approximate surface area is 120 Å². The molecule has 1 aromatic rings. The monoisotopic (exact) mass is 277 g/mol. The molecule has 0 bridgehead atoms. The van der Waals surface area contributed by atoms with Gasteiger partial charge < -0.3 is 15.2 Å². The van der Waals surface area contributed by atoms with Crippen LogP contribution in [0.5, 0.6) is 0 Å². The molecule has 20 heavy (non-hydrogen) atoms. The van der Waals surface area contributed by atoms with Crippen LogP contribution in [0, 0.1) is 0 Å². The predicted molar refractivity (Wildman–Crippen MR) is 77.5 cm³/mol. The molecule has 0 aliphatic heterocycles. The summed E-state index contributed by atoms with van der Waals surface area (Å²) in [5, 5.41) is 13.7. The van der Waals surface area contributed by atoms with Crippen molar-refractivity contribution < 1.29 is 14.6 Å². The molecule has 0 amide bonds. The first-order valence-electron chi connectivity index (χ1n) is 7.25. The van der Waals surface area contributed by atoms with Gasteiger partial charge >= 0.3 is 5.97 Å². The number of benzene rings is 1. The van der Waals surface area contributed by atoms with Crippen LogP contribution in [0.1, 0.15) is 42.6 Å². The molecule has 1 aliphatic carbocycles. The summed E-state index contributed by atoms with van der Waals surface area (Å²) < 4.78 is 4.70. The lowest BCUT2D eigenvalue weighted by Gasteiger charge is -2.23. The number of hydrogen-bond donors (Lipinski definition) is 2. The van der Waals surface area contributed by atoms with Gasteiger partial charge in [-0.1, -0.05) is 25.1 Å². The van der Waals surface area contributed by atoms with Crippen LogP contribution in [-0.2, 0) is 22.4 Å². The highest BCUT2D eigenvalue weighted by Gasteiger charge is 2.24. The van der Waals surface area contributed by atoms with Crippen LogP contribution < -0.4 is 5.32 Å². The maximum Gasteiger partial charge on any atom is 0.307 e. The Morgan fingerprint density at radius 3 is 2.85 bits per heavy atom. The van der Waals surface area contributed by atoms with Crippen LogP contribution in [0.2, 0.25) is 0 Å². The number of carbonyl (C=O) groups is 1. The molecule has 0 fully saturated rings. The van der Waals surface area contributed by atoms with E-state index in [1.807, 2.05) is 13.0 Å². The molecule has 2 rings (SSSR count). The Morgan fingerprint density at radius 1 is 1.40 bits per heavy atom. The van der Waals surface area contributed by atoms with E-state index in [1.165, 1.54) is 24.7 Å². The molecule has 2 N–H and O–H groups in total. The minimum Gasteiger partial charge on any atom is -0.469 e. The number of rotatable bonds is 6. The van der Waals surface area contributed by atoms with Gasteiger partial charge in [0.05, 0.1) is 19.6 Å². The summed E-state index contributed by atoms with van der Waals surface area (Å²) in [4.78, 5) is 11.4. The smallest absolute Gasteiger partial charge is 0.307 e. The number of likely N-dealkylation sites (N-methyl/N-ethyl adjacent to an activating group) is 1. The van der Waals surface area contributed by atoms with E-state index in [1.54, 1.807) is 0 Å². The van der Waals surface area contributed by atoms with Crippen molar-refractivity contribution in [1.82, 2.24) is 5.32 Å². The first kappa shape index (κ1) is 15.0. The largest absolute Gasteiger partial charge is 0.469 e. The normalized spacial score (nSPS) is 16.6. The van der Waals surface area contributed by atoms with Crippen molar-refractivity contribution in [2.75, 3.05) is 13.7 Å². The van der Waals surface area contributed by atoms with Gasteiger partial charge in [-0.3, -0.25) is 4.79 Å². The number of aliphatic hydroxyl groups excluding tert-OH is 1. The summed E-state index contributed by atoms with van der Waals surface area (Å²) >= 11 is 0. The second-order valence-corrected chi connectivity index (χ2v) is 5.27. The molecule has 0 aromatic heterocycles. The first-order valence-corrected chi connectivity index (χ1v) is 7.25. The molecule has 4 nitrogen and oxygen atoms in total. The van der Waals surface area contributed by atoms with E-state index in [9.17, 15) is 9.90 Å². The zero-order valence-corrected chi connectivity index (χ0v) is 12.2. The average Bonchev–Trinajstić information content (AvgIpc) is 2.93. The third-order valence-electron chi connectivity index (χ3n) is 3.93. The van der Waals surface area contributed by atoms with Crippen LogP contribution in [-0.4, -0.2) is 30.8 Å². The van der Waals surface area contributed by atoms with E-state index < -0.39 is 6.10 Å². The lowest BCUT2D eigenvalue weighted by molar-refractivity contribution is -0.142. The fraction of sp³-hybridized carbons (Fsp3) is 0.562. The van der Waals surface area contributed by atoms with Crippen LogP contribution in [0.25, 0.3) is 0 Å². The van der Waals surface area contributed by atoms with Gasteiger partial charge in [0.2, 0.25) is 0 Å². The van der Waals surface area contributed by atoms with E-state index in [0.29, 0.717) is 6.54 Å². The lowest BCUT2D eigenvalue weighted by Crippen LogP contribution is -2.37. The third kappa shape index (κ3) is 3.38. The number of methoxy groups -OCH3 is 1. The standard InChI is InChI=1S/C16H23NO3/c1-3-17-14(10-15(18)20-2)16(19)13-8-7-11-5-4-6-12(11)9-13/h7-9,14,16-17,19H,3-6,10H2,1-2H3. The maximum atomic E-state index is 11.4. The second-order valence-electron chi connectivity index (χ2n) is 5.27. The molecule has 0 spiro atoms. The highest BCUT2D eigenvalue weighted by Crippen LogP contribution is 2.27. The molecule has 1 aliphatic rings. The fourth-order valence-corrected chi connectivity index (χ4v) is 2.83. The molecule has 0 heterocycles. The quantitative estimate of drug-likeness (QED) is 0.778. The number of carbonyl (C=O) groups excluding carboxylic acids is 1. The van der Waals surface area contributed by atoms with Crippen molar-refractivity contribution in [3.8, 4) is 0 Å². The van der Waals surface area contributed by atoms with Crippen molar-refractivity contribution in [2.24, 2.45) is 0 Å². The lowest BCUT2D eigenvalue weighted by atomic mass is 9.96. The highest BCUT2D eigenvalue weighted by atomic mass is 16.5. The summed E-state index contributed by atoms with van der Waals surface area (Å²) in [5.41, 5.74) is 3.59. The molecule has 110 valence electrons. The Bertz CT molecular complexity index is 473. The molecule has 2 unspecified atom stereocenters. The summed E-state index contributed by atoms with van der Waals surface area (Å²) in [6.45, 7) is 2.66. The summed E-state index contributed by atoms with van der Waals surface area (Å²) in [6.07, 6.45) is 2.87. The summed E-state index contributed by atoms with van der Waals surface area (Å²) in [7, 11) is 1.37.